The highest BCUT2D eigenvalue weighted by molar-refractivity contribution is 7.98. The van der Waals surface area contributed by atoms with Gasteiger partial charge < -0.3 is 4.57 Å². The number of aromatic nitrogens is 2. The van der Waals surface area contributed by atoms with Gasteiger partial charge in [-0.3, -0.25) is 0 Å². The van der Waals surface area contributed by atoms with Crippen LogP contribution in [0.5, 0.6) is 0 Å². The van der Waals surface area contributed by atoms with Gasteiger partial charge in [-0.2, -0.15) is 0 Å². The van der Waals surface area contributed by atoms with Crippen LogP contribution in [0.1, 0.15) is 5.56 Å². The first-order valence-electron chi connectivity index (χ1n) is 6.46. The molecule has 0 fully saturated rings. The summed E-state index contributed by atoms with van der Waals surface area (Å²) in [6.45, 7) is 0. The van der Waals surface area contributed by atoms with E-state index in [1.54, 1.807) is 23.7 Å². The van der Waals surface area contributed by atoms with Gasteiger partial charge in [-0.15, -0.1) is 0 Å². The molecule has 8 heteroatoms. The topological polar surface area (TPSA) is 17.8 Å². The van der Waals surface area contributed by atoms with Gasteiger partial charge in [-0.1, -0.05) is 23.9 Å². The third-order valence-electron chi connectivity index (χ3n) is 3.39. The van der Waals surface area contributed by atoms with Crippen LogP contribution in [0.2, 0.25) is 0 Å². The van der Waals surface area contributed by atoms with Crippen LogP contribution in [0.25, 0.3) is 11.0 Å². The highest BCUT2D eigenvalue weighted by Gasteiger charge is 2.25. The van der Waals surface area contributed by atoms with E-state index in [1.165, 1.54) is 0 Å². The smallest absolute Gasteiger partial charge is 0.200 e. The zero-order chi connectivity index (χ0) is 16.7. The largest absolute Gasteiger partial charge is 0.322 e. The number of halogens is 5. The molecule has 23 heavy (non-hydrogen) atoms. The summed E-state index contributed by atoms with van der Waals surface area (Å²) in [5, 5.41) is 0.412. The minimum absolute atomic E-state index is 0.412. The van der Waals surface area contributed by atoms with E-state index >= 15 is 0 Å². The molecule has 0 radical (unpaired) electrons. The summed E-state index contributed by atoms with van der Waals surface area (Å²) < 4.78 is 68.4. The molecule has 2 nitrogen and oxygen atoms in total. The molecule has 120 valence electrons. The average molecular weight is 344 g/mol. The number of rotatable bonds is 3. The Morgan fingerprint density at radius 2 is 1.48 bits per heavy atom. The minimum Gasteiger partial charge on any atom is -0.322 e. The fourth-order valence-electron chi connectivity index (χ4n) is 2.17. The lowest BCUT2D eigenvalue weighted by molar-refractivity contribution is 0.372. The van der Waals surface area contributed by atoms with Crippen LogP contribution in [0.3, 0.4) is 0 Å². The highest BCUT2D eigenvalue weighted by atomic mass is 32.2. The third kappa shape index (κ3) is 2.56. The molecule has 3 rings (SSSR count). The van der Waals surface area contributed by atoms with Gasteiger partial charge in [0.05, 0.1) is 11.0 Å². The van der Waals surface area contributed by atoms with Crippen molar-refractivity contribution < 1.29 is 22.0 Å². The number of imidazole rings is 1. The van der Waals surface area contributed by atoms with E-state index in [2.05, 4.69) is 4.98 Å². The number of benzene rings is 2. The Balaban J connectivity index is 1.96. The zero-order valence-corrected chi connectivity index (χ0v) is 12.5. The van der Waals surface area contributed by atoms with Gasteiger partial charge in [-0.25, -0.2) is 26.9 Å². The first-order chi connectivity index (χ1) is 10.9. The van der Waals surface area contributed by atoms with Gasteiger partial charge >= 0.3 is 0 Å². The Morgan fingerprint density at radius 1 is 0.913 bits per heavy atom. The second-order valence-corrected chi connectivity index (χ2v) is 5.72. The minimum atomic E-state index is -2.16. The van der Waals surface area contributed by atoms with Crippen molar-refractivity contribution in [3.05, 3.63) is 58.9 Å². The number of para-hydroxylation sites is 2. The van der Waals surface area contributed by atoms with Crippen molar-refractivity contribution in [3.8, 4) is 0 Å². The van der Waals surface area contributed by atoms with Crippen LogP contribution in [-0.4, -0.2) is 9.55 Å². The summed E-state index contributed by atoms with van der Waals surface area (Å²) in [5.74, 6) is -10.1. The SMILES string of the molecule is Cn1c(SCc2c(F)c(F)c(F)c(F)c2F)nc2ccccc21. The van der Waals surface area contributed by atoms with Gasteiger partial charge in [0.25, 0.3) is 0 Å². The van der Waals surface area contributed by atoms with Crippen molar-refractivity contribution in [3.63, 3.8) is 0 Å². The lowest BCUT2D eigenvalue weighted by Gasteiger charge is -2.08. The maximum absolute atomic E-state index is 13.6. The van der Waals surface area contributed by atoms with Gasteiger partial charge in [-0.05, 0) is 12.1 Å². The first-order valence-corrected chi connectivity index (χ1v) is 7.45. The molecule has 0 bridgehead atoms. The normalized spacial score (nSPS) is 11.4. The molecule has 0 N–H and O–H groups in total. The summed E-state index contributed by atoms with van der Waals surface area (Å²) in [6.07, 6.45) is 0. The van der Waals surface area contributed by atoms with Gasteiger partial charge in [0.15, 0.2) is 28.4 Å². The molecule has 0 saturated carbocycles. The van der Waals surface area contributed by atoms with Crippen molar-refractivity contribution in [2.45, 2.75) is 10.9 Å². The highest BCUT2D eigenvalue weighted by Crippen LogP contribution is 2.30. The monoisotopic (exact) mass is 344 g/mol. The molecule has 3 aromatic rings. The number of hydrogen-bond donors (Lipinski definition) is 0. The van der Waals surface area contributed by atoms with E-state index in [9.17, 15) is 22.0 Å². The predicted octanol–water partition coefficient (Wildman–Crippen LogP) is 4.56. The van der Waals surface area contributed by atoms with Crippen LogP contribution in [0, 0.1) is 29.1 Å². The van der Waals surface area contributed by atoms with E-state index < -0.39 is 40.4 Å². The van der Waals surface area contributed by atoms with E-state index in [1.807, 2.05) is 12.1 Å². The number of aryl methyl sites for hydroxylation is 1. The Morgan fingerprint density at radius 3 is 2.09 bits per heavy atom. The van der Waals surface area contributed by atoms with Crippen LogP contribution in [-0.2, 0) is 12.8 Å². The maximum Gasteiger partial charge on any atom is 0.200 e. The van der Waals surface area contributed by atoms with E-state index in [0.29, 0.717) is 10.7 Å². The van der Waals surface area contributed by atoms with Crippen molar-refractivity contribution in [1.29, 1.82) is 0 Å². The summed E-state index contributed by atoms with van der Waals surface area (Å²) in [4.78, 5) is 4.27. The maximum atomic E-state index is 13.6. The van der Waals surface area contributed by atoms with Gasteiger partial charge in [0.1, 0.15) is 0 Å². The molecule has 0 unspecified atom stereocenters. The van der Waals surface area contributed by atoms with Crippen LogP contribution in [0.15, 0.2) is 29.4 Å². The summed E-state index contributed by atoms with van der Waals surface area (Å²) in [7, 11) is 1.70. The van der Waals surface area contributed by atoms with E-state index in [4.69, 9.17) is 0 Å². The predicted molar refractivity (Wildman–Crippen MR) is 76.5 cm³/mol. The van der Waals surface area contributed by atoms with Crippen molar-refractivity contribution in [2.24, 2.45) is 7.05 Å². The Hall–Kier alpha value is -2.09. The lowest BCUT2D eigenvalue weighted by Crippen LogP contribution is -2.06. The number of fused-ring (bicyclic) bond motifs is 1. The molecule has 0 spiro atoms. The van der Waals surface area contributed by atoms with Crippen molar-refractivity contribution in [2.75, 3.05) is 0 Å². The van der Waals surface area contributed by atoms with Gasteiger partial charge in [0, 0.05) is 18.4 Å². The van der Waals surface area contributed by atoms with Crippen molar-refractivity contribution in [1.82, 2.24) is 9.55 Å². The fraction of sp³-hybridized carbons (Fsp3) is 0.133. The Bertz CT molecular complexity index is 878. The molecule has 0 aliphatic heterocycles. The molecule has 0 saturated heterocycles. The molecule has 1 aromatic heterocycles. The molecule has 1 heterocycles. The second kappa shape index (κ2) is 5.84. The summed E-state index contributed by atoms with van der Waals surface area (Å²) in [6, 6.07) is 7.17. The fourth-order valence-corrected chi connectivity index (χ4v) is 3.15. The van der Waals surface area contributed by atoms with Crippen LogP contribution >= 0.6 is 11.8 Å². The summed E-state index contributed by atoms with van der Waals surface area (Å²) >= 11 is 0.894. The van der Waals surface area contributed by atoms with Crippen LogP contribution in [0.4, 0.5) is 22.0 Å². The quantitative estimate of drug-likeness (QED) is 0.300. The molecule has 0 aliphatic rings. The van der Waals surface area contributed by atoms with Crippen LogP contribution < -0.4 is 0 Å². The van der Waals surface area contributed by atoms with Crippen molar-refractivity contribution >= 4 is 22.8 Å². The van der Waals surface area contributed by atoms with E-state index in [0.717, 1.165) is 17.3 Å². The molecular formula is C15H9F5N2S. The number of thioether (sulfide) groups is 1. The standard InChI is InChI=1S/C15H9F5N2S/c1-22-9-5-3-2-4-8(9)21-15(22)23-6-7-10(16)12(18)14(20)13(19)11(7)17/h2-5H,6H2,1H3. The zero-order valence-electron chi connectivity index (χ0n) is 11.7. The average Bonchev–Trinajstić information content (AvgIpc) is 2.88. The van der Waals surface area contributed by atoms with E-state index in [-0.39, 0.29) is 0 Å². The molecule has 0 atom stereocenters. The molecular weight excluding hydrogens is 335 g/mol. The molecule has 0 aliphatic carbocycles. The molecule has 0 amide bonds. The number of hydrogen-bond acceptors (Lipinski definition) is 2. The van der Waals surface area contributed by atoms with Gasteiger partial charge in [0.2, 0.25) is 5.82 Å². The Labute approximate surface area is 131 Å². The second-order valence-electron chi connectivity index (χ2n) is 4.78. The molecule has 2 aromatic carbocycles. The Kier molecular flexibility index (Phi) is 4.01. The summed E-state index contributed by atoms with van der Waals surface area (Å²) in [5.41, 5.74) is 0.612. The lowest BCUT2D eigenvalue weighted by atomic mass is 10.2. The first kappa shape index (κ1) is 15.8. The third-order valence-corrected chi connectivity index (χ3v) is 4.45. The number of nitrogens with zero attached hydrogens (tertiary/aromatic N) is 2.